The fourth-order valence-corrected chi connectivity index (χ4v) is 1.78. The lowest BCUT2D eigenvalue weighted by molar-refractivity contribution is -0.150. The van der Waals surface area contributed by atoms with Crippen molar-refractivity contribution in [1.82, 2.24) is 4.90 Å². The van der Waals surface area contributed by atoms with Crippen LogP contribution in [0.15, 0.2) is 30.3 Å². The van der Waals surface area contributed by atoms with Crippen molar-refractivity contribution in [2.45, 2.75) is 19.6 Å². The maximum absolute atomic E-state index is 11.9. The summed E-state index contributed by atoms with van der Waals surface area (Å²) in [5.41, 5.74) is 0.687. The average molecular weight is 253 g/mol. The van der Waals surface area contributed by atoms with Crippen molar-refractivity contribution >= 4 is 5.97 Å². The molecule has 1 N–H and O–H groups in total. The third-order valence-corrected chi connectivity index (χ3v) is 2.62. The van der Waals surface area contributed by atoms with Crippen LogP contribution in [-0.4, -0.2) is 41.7 Å². The number of hydrogen-bond acceptors (Lipinski definition) is 4. The van der Waals surface area contributed by atoms with Gasteiger partial charge in [0.25, 0.3) is 0 Å². The Bertz CT molecular complexity index is 538. The summed E-state index contributed by atoms with van der Waals surface area (Å²) in [6.45, 7) is -3.18. The van der Waals surface area contributed by atoms with Gasteiger partial charge in [-0.15, -0.1) is 0 Å². The molecule has 2 atom stereocenters. The molecule has 1 aliphatic rings. The standard InChI is InChI=1S/C14H19NO3/c1-2-18-14(17)12-9-15(10-13(12)16)8-11-6-4-3-5-7-11/h3-7,12-13,16H,2,8-10H2,1H3/i9D2,10D2. The van der Waals surface area contributed by atoms with Gasteiger partial charge in [-0.05, 0) is 12.5 Å². The molecule has 0 aliphatic carbocycles. The van der Waals surface area contributed by atoms with Gasteiger partial charge in [0.2, 0.25) is 0 Å². The Labute approximate surface area is 113 Å². The van der Waals surface area contributed by atoms with E-state index in [1.165, 1.54) is 0 Å². The Kier molecular flexibility index (Phi) is 2.88. The van der Waals surface area contributed by atoms with Gasteiger partial charge >= 0.3 is 5.97 Å². The highest BCUT2D eigenvalue weighted by Gasteiger charge is 2.37. The normalized spacial score (nSPS) is 33.0. The van der Waals surface area contributed by atoms with Gasteiger partial charge in [0.1, 0.15) is 0 Å². The number of carbonyl (C=O) groups excluding carboxylic acids is 1. The number of carbonyl (C=O) groups is 1. The number of esters is 1. The summed E-state index contributed by atoms with van der Waals surface area (Å²) in [6, 6.07) is 8.78. The van der Waals surface area contributed by atoms with Crippen LogP contribution in [0.3, 0.4) is 0 Å². The molecule has 1 heterocycles. The Morgan fingerprint density at radius 1 is 1.50 bits per heavy atom. The monoisotopic (exact) mass is 253 g/mol. The van der Waals surface area contributed by atoms with Crippen molar-refractivity contribution in [3.63, 3.8) is 0 Å². The molecule has 4 nitrogen and oxygen atoms in total. The third-order valence-electron chi connectivity index (χ3n) is 2.62. The Morgan fingerprint density at radius 2 is 2.22 bits per heavy atom. The van der Waals surface area contributed by atoms with E-state index >= 15 is 0 Å². The molecule has 1 aliphatic heterocycles. The molecule has 0 spiro atoms. The molecule has 1 fully saturated rings. The number of rotatable bonds is 4. The van der Waals surface area contributed by atoms with Gasteiger partial charge in [-0.3, -0.25) is 9.69 Å². The molecular formula is C14H19NO3. The van der Waals surface area contributed by atoms with Gasteiger partial charge in [-0.25, -0.2) is 0 Å². The van der Waals surface area contributed by atoms with Gasteiger partial charge in [0.15, 0.2) is 0 Å². The number of ether oxygens (including phenoxy) is 1. The lowest BCUT2D eigenvalue weighted by Gasteiger charge is -2.15. The first-order valence-electron chi connectivity index (χ1n) is 7.89. The van der Waals surface area contributed by atoms with Crippen LogP contribution in [0.25, 0.3) is 0 Å². The number of likely N-dealkylation sites (tertiary alicyclic amines) is 1. The number of β-amino-alcohol motifs (C(OH)–C–C–N with tert-alkyl or cyclic N) is 1. The molecule has 18 heavy (non-hydrogen) atoms. The lowest BCUT2D eigenvalue weighted by atomic mass is 10.1. The number of aliphatic hydroxyl groups excluding tert-OH is 1. The Balaban J connectivity index is 2.34. The minimum absolute atomic E-state index is 0.0415. The SMILES string of the molecule is [2H]C1([2H])C(O)C(C(=O)OCC)C([2H])([2H])N1Cc1ccccc1. The van der Waals surface area contributed by atoms with Crippen LogP contribution in [-0.2, 0) is 16.1 Å². The van der Waals surface area contributed by atoms with Crippen molar-refractivity contribution in [3.8, 4) is 0 Å². The highest BCUT2D eigenvalue weighted by atomic mass is 16.5. The fraction of sp³-hybridized carbons (Fsp3) is 0.500. The van der Waals surface area contributed by atoms with E-state index in [9.17, 15) is 9.90 Å². The van der Waals surface area contributed by atoms with E-state index in [1.54, 1.807) is 37.3 Å². The van der Waals surface area contributed by atoms with E-state index in [1.807, 2.05) is 0 Å². The molecule has 1 saturated heterocycles. The number of hydrogen-bond donors (Lipinski definition) is 1. The molecule has 0 saturated carbocycles. The van der Waals surface area contributed by atoms with Crippen LogP contribution in [0.5, 0.6) is 0 Å². The molecule has 1 aromatic rings. The number of nitrogens with zero attached hydrogens (tertiary/aromatic N) is 1. The fourth-order valence-electron chi connectivity index (χ4n) is 1.78. The van der Waals surface area contributed by atoms with Crippen LogP contribution in [0.2, 0.25) is 0 Å². The molecule has 2 rings (SSSR count). The molecule has 1 aromatic carbocycles. The predicted molar refractivity (Wildman–Crippen MR) is 67.8 cm³/mol. The quantitative estimate of drug-likeness (QED) is 0.815. The zero-order valence-electron chi connectivity index (χ0n) is 14.2. The molecule has 2 unspecified atom stereocenters. The van der Waals surface area contributed by atoms with E-state index in [0.717, 1.165) is 4.90 Å². The van der Waals surface area contributed by atoms with Crippen LogP contribution >= 0.6 is 0 Å². The van der Waals surface area contributed by atoms with Gasteiger partial charge in [0.05, 0.1) is 18.6 Å². The molecule has 0 amide bonds. The van der Waals surface area contributed by atoms with Crippen molar-refractivity contribution in [2.24, 2.45) is 5.92 Å². The number of benzene rings is 1. The second kappa shape index (κ2) is 5.98. The van der Waals surface area contributed by atoms with Crippen molar-refractivity contribution in [2.75, 3.05) is 19.6 Å². The Morgan fingerprint density at radius 3 is 2.89 bits per heavy atom. The summed E-state index contributed by atoms with van der Waals surface area (Å²) < 4.78 is 37.1. The van der Waals surface area contributed by atoms with Crippen LogP contribution < -0.4 is 0 Å². The summed E-state index contributed by atoms with van der Waals surface area (Å²) in [5.74, 6) is -2.52. The maximum atomic E-state index is 11.9. The zero-order valence-corrected chi connectivity index (χ0v) is 10.2. The van der Waals surface area contributed by atoms with E-state index in [-0.39, 0.29) is 13.2 Å². The van der Waals surface area contributed by atoms with Crippen molar-refractivity contribution in [1.29, 1.82) is 0 Å². The zero-order chi connectivity index (χ0) is 16.5. The largest absolute Gasteiger partial charge is 0.466 e. The number of aliphatic hydroxyl groups is 1. The second-order valence-electron chi connectivity index (χ2n) is 4.00. The molecular weight excluding hydrogens is 230 g/mol. The summed E-state index contributed by atoms with van der Waals surface area (Å²) in [7, 11) is 0. The smallest absolute Gasteiger partial charge is 0.312 e. The van der Waals surface area contributed by atoms with Crippen molar-refractivity contribution in [3.05, 3.63) is 35.9 Å². The van der Waals surface area contributed by atoms with E-state index in [2.05, 4.69) is 0 Å². The first-order valence-corrected chi connectivity index (χ1v) is 5.89. The highest BCUT2D eigenvalue weighted by molar-refractivity contribution is 5.73. The summed E-state index contributed by atoms with van der Waals surface area (Å²) in [5, 5.41) is 10.1. The minimum Gasteiger partial charge on any atom is -0.466 e. The summed E-state index contributed by atoms with van der Waals surface area (Å²) in [4.78, 5) is 12.8. The van der Waals surface area contributed by atoms with Crippen molar-refractivity contribution < 1.29 is 20.1 Å². The van der Waals surface area contributed by atoms with Crippen LogP contribution in [0.4, 0.5) is 0 Å². The highest BCUT2D eigenvalue weighted by Crippen LogP contribution is 2.20. The topological polar surface area (TPSA) is 49.8 Å². The molecule has 0 radical (unpaired) electrons. The first-order chi connectivity index (χ1) is 10.2. The predicted octanol–water partition coefficient (Wildman–Crippen LogP) is 1.04. The van der Waals surface area contributed by atoms with Crippen LogP contribution in [0, 0.1) is 5.92 Å². The first kappa shape index (κ1) is 8.67. The second-order valence-corrected chi connectivity index (χ2v) is 4.00. The maximum Gasteiger partial charge on any atom is 0.312 e. The molecule has 0 aromatic heterocycles. The van der Waals surface area contributed by atoms with Gasteiger partial charge in [-0.2, -0.15) is 0 Å². The average Bonchev–Trinajstić information content (AvgIpc) is 2.57. The van der Waals surface area contributed by atoms with E-state index in [0.29, 0.717) is 5.56 Å². The molecule has 0 bridgehead atoms. The molecule has 4 heteroatoms. The third kappa shape index (κ3) is 3.09. The van der Waals surface area contributed by atoms with Gasteiger partial charge in [0, 0.05) is 25.0 Å². The minimum atomic E-state index is -2.38. The Hall–Kier alpha value is -1.39. The van der Waals surface area contributed by atoms with E-state index < -0.39 is 31.0 Å². The van der Waals surface area contributed by atoms with E-state index in [4.69, 9.17) is 10.2 Å². The van der Waals surface area contributed by atoms with Gasteiger partial charge < -0.3 is 9.84 Å². The van der Waals surface area contributed by atoms with Crippen LogP contribution in [0.1, 0.15) is 18.0 Å². The molecule has 98 valence electrons. The van der Waals surface area contributed by atoms with Gasteiger partial charge in [-0.1, -0.05) is 30.3 Å². The lowest BCUT2D eigenvalue weighted by Crippen LogP contribution is -2.28. The summed E-state index contributed by atoms with van der Waals surface area (Å²) >= 11 is 0. The summed E-state index contributed by atoms with van der Waals surface area (Å²) in [6.07, 6.45) is -1.80.